The van der Waals surface area contributed by atoms with Crippen LogP contribution in [0, 0.1) is 5.92 Å². The molecule has 3 aromatic rings. The minimum absolute atomic E-state index is 0.164. The van der Waals surface area contributed by atoms with Crippen molar-refractivity contribution in [1.29, 1.82) is 0 Å². The summed E-state index contributed by atoms with van der Waals surface area (Å²) in [6.07, 6.45) is 3.28. The third kappa shape index (κ3) is 2.49. The molecule has 4 heteroatoms. The van der Waals surface area contributed by atoms with E-state index in [1.807, 2.05) is 61.5 Å². The van der Waals surface area contributed by atoms with E-state index >= 15 is 0 Å². The van der Waals surface area contributed by atoms with E-state index in [1.165, 1.54) is 0 Å². The molecule has 0 saturated carbocycles. The van der Waals surface area contributed by atoms with Gasteiger partial charge in [0.1, 0.15) is 17.3 Å². The van der Waals surface area contributed by atoms with Gasteiger partial charge < -0.3 is 8.83 Å². The quantitative estimate of drug-likeness (QED) is 0.783. The summed E-state index contributed by atoms with van der Waals surface area (Å²) in [6, 6.07) is 17.0. The first-order chi connectivity index (χ1) is 11.8. The number of rotatable bonds is 3. The van der Waals surface area contributed by atoms with E-state index < -0.39 is 0 Å². The summed E-state index contributed by atoms with van der Waals surface area (Å²) >= 11 is 0. The second-order valence-corrected chi connectivity index (χ2v) is 6.23. The standard InChI is InChI=1S/C20H19NO3/c1-13-18(15-9-5-11-23-15)21-19(16-10-6-12-24-16)17(20(13)22)14-7-3-2-4-8-14/h2-13,17-19,21H,1H3/t13-,17+,18+,19+/m0/s1. The highest BCUT2D eigenvalue weighted by molar-refractivity contribution is 5.90. The van der Waals surface area contributed by atoms with Crippen LogP contribution in [0.2, 0.25) is 0 Å². The normalized spacial score (nSPS) is 27.3. The molecule has 2 aromatic heterocycles. The van der Waals surface area contributed by atoms with E-state index in [2.05, 4.69) is 5.32 Å². The molecule has 1 aliphatic rings. The molecule has 4 rings (SSSR count). The van der Waals surface area contributed by atoms with E-state index in [-0.39, 0.29) is 29.7 Å². The zero-order valence-corrected chi connectivity index (χ0v) is 13.4. The Hall–Kier alpha value is -2.59. The Kier molecular flexibility index (Phi) is 3.82. The number of piperidine rings is 1. The first-order valence-corrected chi connectivity index (χ1v) is 8.17. The molecular weight excluding hydrogens is 302 g/mol. The number of carbonyl (C=O) groups is 1. The van der Waals surface area contributed by atoms with Gasteiger partial charge >= 0.3 is 0 Å². The van der Waals surface area contributed by atoms with Crippen LogP contribution in [0.4, 0.5) is 0 Å². The van der Waals surface area contributed by atoms with Gasteiger partial charge in [-0.05, 0) is 29.8 Å². The van der Waals surface area contributed by atoms with Crippen molar-refractivity contribution in [2.45, 2.75) is 24.9 Å². The molecule has 0 unspecified atom stereocenters. The van der Waals surface area contributed by atoms with Gasteiger partial charge in [0.2, 0.25) is 0 Å². The predicted octanol–water partition coefficient (Wildman–Crippen LogP) is 4.25. The largest absolute Gasteiger partial charge is 0.468 e. The summed E-state index contributed by atoms with van der Waals surface area (Å²) in [5, 5.41) is 3.58. The van der Waals surface area contributed by atoms with Gasteiger partial charge in [0.25, 0.3) is 0 Å². The van der Waals surface area contributed by atoms with Crippen LogP contribution in [-0.4, -0.2) is 5.78 Å². The van der Waals surface area contributed by atoms with Crippen molar-refractivity contribution >= 4 is 5.78 Å². The van der Waals surface area contributed by atoms with Crippen molar-refractivity contribution < 1.29 is 13.6 Å². The molecule has 0 spiro atoms. The Morgan fingerprint density at radius 3 is 2.04 bits per heavy atom. The maximum absolute atomic E-state index is 13.2. The summed E-state index contributed by atoms with van der Waals surface area (Å²) in [4.78, 5) is 13.2. The Balaban J connectivity index is 1.77. The fourth-order valence-corrected chi connectivity index (χ4v) is 3.57. The summed E-state index contributed by atoms with van der Waals surface area (Å²) in [5.74, 6) is 1.27. The molecule has 122 valence electrons. The third-order valence-electron chi connectivity index (χ3n) is 4.81. The third-order valence-corrected chi connectivity index (χ3v) is 4.81. The van der Waals surface area contributed by atoms with Crippen LogP contribution < -0.4 is 5.32 Å². The molecule has 1 aromatic carbocycles. The first kappa shape index (κ1) is 15.0. The molecule has 0 aliphatic carbocycles. The number of ketones is 1. The number of nitrogens with one attached hydrogen (secondary N) is 1. The lowest BCUT2D eigenvalue weighted by molar-refractivity contribution is -0.128. The summed E-state index contributed by atoms with van der Waals surface area (Å²) < 4.78 is 11.2. The molecule has 0 bridgehead atoms. The monoisotopic (exact) mass is 321 g/mol. The highest BCUT2D eigenvalue weighted by atomic mass is 16.3. The fraction of sp³-hybridized carbons (Fsp3) is 0.250. The van der Waals surface area contributed by atoms with Crippen molar-refractivity contribution in [3.8, 4) is 0 Å². The molecule has 24 heavy (non-hydrogen) atoms. The lowest BCUT2D eigenvalue weighted by Gasteiger charge is -2.38. The number of benzene rings is 1. The van der Waals surface area contributed by atoms with Crippen LogP contribution in [0.5, 0.6) is 0 Å². The highest BCUT2D eigenvalue weighted by Crippen LogP contribution is 2.43. The lowest BCUT2D eigenvalue weighted by Crippen LogP contribution is -2.46. The van der Waals surface area contributed by atoms with E-state index in [9.17, 15) is 4.79 Å². The summed E-state index contributed by atoms with van der Waals surface area (Å²) in [6.45, 7) is 1.96. The van der Waals surface area contributed by atoms with Gasteiger partial charge in [-0.3, -0.25) is 10.1 Å². The van der Waals surface area contributed by atoms with E-state index in [1.54, 1.807) is 12.5 Å². The van der Waals surface area contributed by atoms with Crippen LogP contribution in [-0.2, 0) is 4.79 Å². The van der Waals surface area contributed by atoms with Gasteiger partial charge in [-0.15, -0.1) is 0 Å². The van der Waals surface area contributed by atoms with E-state index in [0.29, 0.717) is 0 Å². The first-order valence-electron chi connectivity index (χ1n) is 8.17. The molecule has 1 N–H and O–H groups in total. The highest BCUT2D eigenvalue weighted by Gasteiger charge is 2.45. The molecule has 1 saturated heterocycles. The van der Waals surface area contributed by atoms with E-state index in [0.717, 1.165) is 17.1 Å². The molecule has 1 aliphatic heterocycles. The zero-order valence-electron chi connectivity index (χ0n) is 13.4. The maximum atomic E-state index is 13.2. The number of carbonyl (C=O) groups excluding carboxylic acids is 1. The Labute approximate surface area is 140 Å². The van der Waals surface area contributed by atoms with Crippen LogP contribution in [0.25, 0.3) is 0 Å². The van der Waals surface area contributed by atoms with Gasteiger partial charge in [0, 0.05) is 5.92 Å². The molecular formula is C20H19NO3. The van der Waals surface area contributed by atoms with Crippen LogP contribution >= 0.6 is 0 Å². The molecule has 1 fully saturated rings. The number of hydrogen-bond donors (Lipinski definition) is 1. The Morgan fingerprint density at radius 2 is 1.46 bits per heavy atom. The minimum atomic E-state index is -0.279. The minimum Gasteiger partial charge on any atom is -0.468 e. The maximum Gasteiger partial charge on any atom is 0.147 e. The van der Waals surface area contributed by atoms with Crippen LogP contribution in [0.15, 0.2) is 76.0 Å². The van der Waals surface area contributed by atoms with E-state index in [4.69, 9.17) is 8.83 Å². The average Bonchev–Trinajstić information content (AvgIpc) is 3.31. The average molecular weight is 321 g/mol. The molecule has 4 atom stereocenters. The second kappa shape index (κ2) is 6.13. The van der Waals surface area contributed by atoms with Crippen molar-refractivity contribution in [2.75, 3.05) is 0 Å². The van der Waals surface area contributed by atoms with Crippen molar-refractivity contribution in [3.63, 3.8) is 0 Å². The number of Topliss-reactive ketones (excluding diaryl/α,β-unsaturated/α-hetero) is 1. The van der Waals surface area contributed by atoms with Crippen molar-refractivity contribution in [2.24, 2.45) is 5.92 Å². The van der Waals surface area contributed by atoms with Crippen LogP contribution in [0.3, 0.4) is 0 Å². The summed E-state index contributed by atoms with van der Waals surface area (Å²) in [5.41, 5.74) is 1.00. The van der Waals surface area contributed by atoms with Gasteiger partial charge in [0.05, 0.1) is 30.5 Å². The molecule has 4 nitrogen and oxygen atoms in total. The second-order valence-electron chi connectivity index (χ2n) is 6.23. The Bertz CT molecular complexity index is 793. The zero-order chi connectivity index (χ0) is 16.5. The molecule has 3 heterocycles. The van der Waals surface area contributed by atoms with Crippen molar-refractivity contribution in [1.82, 2.24) is 5.32 Å². The van der Waals surface area contributed by atoms with Gasteiger partial charge in [0.15, 0.2) is 0 Å². The summed E-state index contributed by atoms with van der Waals surface area (Å²) in [7, 11) is 0. The fourth-order valence-electron chi connectivity index (χ4n) is 3.57. The van der Waals surface area contributed by atoms with Gasteiger partial charge in [-0.25, -0.2) is 0 Å². The smallest absolute Gasteiger partial charge is 0.147 e. The Morgan fingerprint density at radius 1 is 0.833 bits per heavy atom. The topological polar surface area (TPSA) is 55.4 Å². The number of hydrogen-bond acceptors (Lipinski definition) is 4. The molecule has 0 amide bonds. The van der Waals surface area contributed by atoms with Gasteiger partial charge in [-0.1, -0.05) is 37.3 Å². The SMILES string of the molecule is C[C@@H]1C(=O)[C@H](c2ccccc2)[C@@H](c2ccco2)N[C@H]1c1ccco1. The van der Waals surface area contributed by atoms with Crippen LogP contribution in [0.1, 0.15) is 42.0 Å². The molecule has 0 radical (unpaired) electrons. The van der Waals surface area contributed by atoms with Crippen molar-refractivity contribution in [3.05, 3.63) is 84.2 Å². The predicted molar refractivity (Wildman–Crippen MR) is 89.4 cm³/mol. The lowest BCUT2D eigenvalue weighted by atomic mass is 9.75. The van der Waals surface area contributed by atoms with Gasteiger partial charge in [-0.2, -0.15) is 0 Å². The number of furan rings is 2.